The van der Waals surface area contributed by atoms with Crippen LogP contribution in [0.2, 0.25) is 0 Å². The van der Waals surface area contributed by atoms with Crippen molar-refractivity contribution in [1.82, 2.24) is 0 Å². The van der Waals surface area contributed by atoms with Crippen molar-refractivity contribution in [2.24, 2.45) is 46.3 Å². The first-order valence-electron chi connectivity index (χ1n) is 11.7. The van der Waals surface area contributed by atoms with Crippen LogP contribution in [0.4, 0.5) is 0 Å². The van der Waals surface area contributed by atoms with Gasteiger partial charge in [0.15, 0.2) is 0 Å². The molecule has 0 aromatic rings. The van der Waals surface area contributed by atoms with Gasteiger partial charge in [0.05, 0.1) is 12.2 Å². The first kappa shape index (κ1) is 20.7. The molecular formula is C24H40O4. The Hall–Kier alpha value is -0.610. The summed E-state index contributed by atoms with van der Waals surface area (Å²) in [4.78, 5) is 11.1. The third-order valence-electron chi connectivity index (χ3n) is 10.2. The second-order valence-electron chi connectivity index (χ2n) is 11.4. The second kappa shape index (κ2) is 7.27. The van der Waals surface area contributed by atoms with Gasteiger partial charge in [0, 0.05) is 6.42 Å². The van der Waals surface area contributed by atoms with Gasteiger partial charge in [-0.15, -0.1) is 0 Å². The first-order valence-corrected chi connectivity index (χ1v) is 11.7. The van der Waals surface area contributed by atoms with E-state index in [1.165, 1.54) is 25.7 Å². The largest absolute Gasteiger partial charge is 0.481 e. The standard InChI is InChI=1S/C24H40O4/c1-14(4-7-22(27)28)17-5-6-18-16-13-21(26)20-12-15(25)8-10-24(20,3)19(16)9-11-23(17,18)2/h14-21,25-26H,4-13H2,1-3H3,(H,27,28)/t14-,15+,16-,17-,18+,19-,20-,21+,23-,24-/m1/s1. The number of carboxylic acid groups (broad SMARTS) is 1. The number of hydrogen-bond donors (Lipinski definition) is 3. The Balaban J connectivity index is 1.55. The van der Waals surface area contributed by atoms with Gasteiger partial charge < -0.3 is 15.3 Å². The number of aliphatic carboxylic acids is 1. The Kier molecular flexibility index (Phi) is 5.36. The molecular weight excluding hydrogens is 352 g/mol. The fraction of sp³-hybridized carbons (Fsp3) is 0.958. The number of fused-ring (bicyclic) bond motifs is 5. The van der Waals surface area contributed by atoms with E-state index in [0.717, 1.165) is 32.1 Å². The molecule has 4 heteroatoms. The van der Waals surface area contributed by atoms with Gasteiger partial charge in [0.1, 0.15) is 0 Å². The van der Waals surface area contributed by atoms with Crippen molar-refractivity contribution in [3.05, 3.63) is 0 Å². The van der Waals surface area contributed by atoms with Crippen molar-refractivity contribution in [2.75, 3.05) is 0 Å². The van der Waals surface area contributed by atoms with E-state index in [2.05, 4.69) is 20.8 Å². The molecule has 0 saturated heterocycles. The second-order valence-corrected chi connectivity index (χ2v) is 11.4. The van der Waals surface area contributed by atoms with E-state index in [0.29, 0.717) is 35.0 Å². The van der Waals surface area contributed by atoms with E-state index in [1.807, 2.05) is 0 Å². The van der Waals surface area contributed by atoms with Crippen LogP contribution >= 0.6 is 0 Å². The molecule has 4 saturated carbocycles. The summed E-state index contributed by atoms with van der Waals surface area (Å²) >= 11 is 0. The molecule has 160 valence electrons. The summed E-state index contributed by atoms with van der Waals surface area (Å²) in [6, 6.07) is 0. The number of rotatable bonds is 4. The molecule has 0 aliphatic heterocycles. The zero-order valence-corrected chi connectivity index (χ0v) is 17.9. The van der Waals surface area contributed by atoms with Gasteiger partial charge >= 0.3 is 5.97 Å². The van der Waals surface area contributed by atoms with Gasteiger partial charge in [-0.05, 0) is 104 Å². The highest BCUT2D eigenvalue weighted by Gasteiger charge is 2.62. The van der Waals surface area contributed by atoms with Gasteiger partial charge in [-0.3, -0.25) is 4.79 Å². The third-order valence-corrected chi connectivity index (χ3v) is 10.2. The number of aliphatic hydroxyl groups is 2. The predicted octanol–water partition coefficient (Wildman–Crippen LogP) is 4.48. The lowest BCUT2D eigenvalue weighted by Crippen LogP contribution is -2.58. The lowest BCUT2D eigenvalue weighted by Gasteiger charge is -2.62. The SMILES string of the molecule is C[C@H](CCC(=O)O)[C@H]1CC[C@H]2[C@H]3C[C@H](O)[C@H]4C[C@@H](O)CC[C@]4(C)[C@@H]3CC[C@]12C. The van der Waals surface area contributed by atoms with Gasteiger partial charge in [0.2, 0.25) is 0 Å². The molecule has 0 bridgehead atoms. The topological polar surface area (TPSA) is 77.8 Å². The maximum absolute atomic E-state index is 11.1. The molecule has 0 spiro atoms. The highest BCUT2D eigenvalue weighted by molar-refractivity contribution is 5.66. The number of carbonyl (C=O) groups is 1. The van der Waals surface area contributed by atoms with Crippen LogP contribution in [-0.2, 0) is 4.79 Å². The smallest absolute Gasteiger partial charge is 0.303 e. The zero-order chi connectivity index (χ0) is 20.3. The lowest BCUT2D eigenvalue weighted by molar-refractivity contribution is -0.172. The summed E-state index contributed by atoms with van der Waals surface area (Å²) in [5, 5.41) is 30.4. The highest BCUT2D eigenvalue weighted by atomic mass is 16.4. The Morgan fingerprint density at radius 1 is 0.964 bits per heavy atom. The quantitative estimate of drug-likeness (QED) is 0.659. The third kappa shape index (κ3) is 3.14. The molecule has 0 heterocycles. The number of carboxylic acids is 1. The van der Waals surface area contributed by atoms with E-state index < -0.39 is 5.97 Å². The molecule has 4 aliphatic carbocycles. The van der Waals surface area contributed by atoms with Crippen LogP contribution in [0.25, 0.3) is 0 Å². The molecule has 4 aliphatic rings. The molecule has 10 atom stereocenters. The lowest BCUT2D eigenvalue weighted by atomic mass is 9.44. The Labute approximate surface area is 170 Å². The van der Waals surface area contributed by atoms with Crippen molar-refractivity contribution in [2.45, 2.75) is 97.2 Å². The first-order chi connectivity index (χ1) is 13.2. The van der Waals surface area contributed by atoms with Crippen LogP contribution < -0.4 is 0 Å². The molecule has 4 rings (SSSR count). The van der Waals surface area contributed by atoms with Crippen molar-refractivity contribution < 1.29 is 20.1 Å². The summed E-state index contributed by atoms with van der Waals surface area (Å²) in [6.45, 7) is 7.16. The normalized spacial score (nSPS) is 51.7. The molecule has 4 nitrogen and oxygen atoms in total. The van der Waals surface area contributed by atoms with Gasteiger partial charge in [-0.25, -0.2) is 0 Å². The maximum atomic E-state index is 11.1. The molecule has 28 heavy (non-hydrogen) atoms. The van der Waals surface area contributed by atoms with Crippen LogP contribution in [0.1, 0.15) is 85.0 Å². The highest BCUT2D eigenvalue weighted by Crippen LogP contribution is 2.68. The molecule has 0 radical (unpaired) electrons. The number of aliphatic hydroxyl groups excluding tert-OH is 2. The minimum absolute atomic E-state index is 0.176. The fourth-order valence-electron chi connectivity index (χ4n) is 8.81. The molecule has 0 aromatic heterocycles. The molecule has 4 fully saturated rings. The van der Waals surface area contributed by atoms with E-state index in [4.69, 9.17) is 5.11 Å². The Morgan fingerprint density at radius 3 is 2.36 bits per heavy atom. The van der Waals surface area contributed by atoms with Crippen LogP contribution in [0.5, 0.6) is 0 Å². The minimum atomic E-state index is -0.677. The van der Waals surface area contributed by atoms with E-state index in [9.17, 15) is 15.0 Å². The van der Waals surface area contributed by atoms with Crippen LogP contribution in [0.15, 0.2) is 0 Å². The van der Waals surface area contributed by atoms with Crippen molar-refractivity contribution >= 4 is 5.97 Å². The van der Waals surface area contributed by atoms with Gasteiger partial charge in [-0.2, -0.15) is 0 Å². The average Bonchev–Trinajstić information content (AvgIpc) is 2.99. The van der Waals surface area contributed by atoms with E-state index in [-0.39, 0.29) is 30.0 Å². The number of hydrogen-bond acceptors (Lipinski definition) is 3. The monoisotopic (exact) mass is 392 g/mol. The molecule has 0 aromatic carbocycles. The zero-order valence-electron chi connectivity index (χ0n) is 17.9. The Bertz CT molecular complexity index is 605. The maximum Gasteiger partial charge on any atom is 0.303 e. The van der Waals surface area contributed by atoms with Crippen molar-refractivity contribution in [3.8, 4) is 0 Å². The van der Waals surface area contributed by atoms with Crippen molar-refractivity contribution in [3.63, 3.8) is 0 Å². The summed E-state index contributed by atoms with van der Waals surface area (Å²) in [6.07, 6.45) is 9.16. The van der Waals surface area contributed by atoms with Gasteiger partial charge in [-0.1, -0.05) is 20.8 Å². The van der Waals surface area contributed by atoms with Gasteiger partial charge in [0.25, 0.3) is 0 Å². The molecule has 0 unspecified atom stereocenters. The average molecular weight is 393 g/mol. The summed E-state index contributed by atoms with van der Waals surface area (Å²) in [7, 11) is 0. The predicted molar refractivity (Wildman–Crippen MR) is 109 cm³/mol. The van der Waals surface area contributed by atoms with E-state index in [1.54, 1.807) is 0 Å². The molecule has 3 N–H and O–H groups in total. The van der Waals surface area contributed by atoms with Crippen LogP contribution in [0, 0.1) is 46.3 Å². The summed E-state index contributed by atoms with van der Waals surface area (Å²) in [5.74, 6) is 2.61. The van der Waals surface area contributed by atoms with Crippen molar-refractivity contribution in [1.29, 1.82) is 0 Å². The van der Waals surface area contributed by atoms with Crippen LogP contribution in [0.3, 0.4) is 0 Å². The van der Waals surface area contributed by atoms with Crippen LogP contribution in [-0.4, -0.2) is 33.5 Å². The fourth-order valence-corrected chi connectivity index (χ4v) is 8.81. The minimum Gasteiger partial charge on any atom is -0.481 e. The summed E-state index contributed by atoms with van der Waals surface area (Å²) < 4.78 is 0. The summed E-state index contributed by atoms with van der Waals surface area (Å²) in [5.41, 5.74) is 0.478. The van der Waals surface area contributed by atoms with E-state index >= 15 is 0 Å². The molecule has 0 amide bonds. The Morgan fingerprint density at radius 2 is 1.64 bits per heavy atom.